The summed E-state index contributed by atoms with van der Waals surface area (Å²) in [4.78, 5) is 29.2. The molecule has 8 nitrogen and oxygen atoms in total. The van der Waals surface area contributed by atoms with Crippen molar-refractivity contribution in [1.82, 2.24) is 4.57 Å². The maximum Gasteiger partial charge on any atom is 0.341 e. The molecule has 178 valence electrons. The molecule has 1 aromatic heterocycles. The summed E-state index contributed by atoms with van der Waals surface area (Å²) >= 11 is 0. The summed E-state index contributed by atoms with van der Waals surface area (Å²) in [6.45, 7) is 2.12. The standard InChI is InChI=1S/C24H24F2N4O4/c1-2-30-12-17(24(32)33)23(31)16-11-18(25)20(21(26)22(16)30)19(28)10-15(8-9-27)29-34-13-14-6-4-3-5-7-14/h3-7,11-12,28H,2,8-10,13,27H2,1H3,(H,32,33). The number of rotatable bonds is 10. The van der Waals surface area contributed by atoms with E-state index in [9.17, 15) is 19.1 Å². The van der Waals surface area contributed by atoms with Gasteiger partial charge in [0, 0.05) is 25.6 Å². The Labute approximate surface area is 193 Å². The van der Waals surface area contributed by atoms with Crippen LogP contribution < -0.4 is 11.2 Å². The molecule has 0 fully saturated rings. The van der Waals surface area contributed by atoms with Gasteiger partial charge in [0.05, 0.1) is 27.9 Å². The summed E-state index contributed by atoms with van der Waals surface area (Å²) in [6, 6.07) is 10.0. The zero-order valence-corrected chi connectivity index (χ0v) is 18.5. The van der Waals surface area contributed by atoms with Crippen LogP contribution in [0.2, 0.25) is 0 Å². The van der Waals surface area contributed by atoms with Crippen molar-refractivity contribution in [3.05, 3.63) is 81.1 Å². The second-order valence-electron chi connectivity index (χ2n) is 7.52. The first-order valence-corrected chi connectivity index (χ1v) is 10.6. The van der Waals surface area contributed by atoms with Crippen molar-refractivity contribution in [2.75, 3.05) is 6.54 Å². The number of pyridine rings is 1. The number of hydrogen-bond donors (Lipinski definition) is 3. The Kier molecular flexibility index (Phi) is 7.85. The number of fused-ring (bicyclic) bond motifs is 1. The molecule has 3 rings (SSSR count). The summed E-state index contributed by atoms with van der Waals surface area (Å²) in [6.07, 6.45) is 1.03. The van der Waals surface area contributed by atoms with Gasteiger partial charge in [-0.3, -0.25) is 4.79 Å². The van der Waals surface area contributed by atoms with Gasteiger partial charge >= 0.3 is 5.97 Å². The van der Waals surface area contributed by atoms with Gasteiger partial charge in [0.2, 0.25) is 5.43 Å². The van der Waals surface area contributed by atoms with Gasteiger partial charge in [0.1, 0.15) is 18.0 Å². The van der Waals surface area contributed by atoms with E-state index < -0.39 is 45.3 Å². The average Bonchev–Trinajstić information content (AvgIpc) is 2.80. The molecule has 2 aromatic carbocycles. The molecule has 0 spiro atoms. The summed E-state index contributed by atoms with van der Waals surface area (Å²) in [7, 11) is 0. The van der Waals surface area contributed by atoms with Crippen LogP contribution in [-0.2, 0) is 18.0 Å². The Morgan fingerprint density at radius 1 is 1.26 bits per heavy atom. The third-order valence-electron chi connectivity index (χ3n) is 5.21. The van der Waals surface area contributed by atoms with Gasteiger partial charge in [-0.2, -0.15) is 0 Å². The number of carboxylic acid groups (broad SMARTS) is 1. The number of halogens is 2. The van der Waals surface area contributed by atoms with E-state index in [0.717, 1.165) is 17.8 Å². The monoisotopic (exact) mass is 470 g/mol. The zero-order valence-electron chi connectivity index (χ0n) is 18.5. The highest BCUT2D eigenvalue weighted by Crippen LogP contribution is 2.25. The minimum atomic E-state index is -1.50. The SMILES string of the molecule is CCn1cc(C(=O)O)c(=O)c2cc(F)c(C(=N)CC(CCN)=NOCc3ccccc3)c(F)c21. The van der Waals surface area contributed by atoms with Gasteiger partial charge in [-0.25, -0.2) is 13.6 Å². The first kappa shape index (κ1) is 24.7. The largest absolute Gasteiger partial charge is 0.477 e. The number of nitrogens with one attached hydrogen (secondary N) is 1. The Balaban J connectivity index is 1.97. The molecule has 0 aliphatic heterocycles. The van der Waals surface area contributed by atoms with Crippen LogP contribution in [0.4, 0.5) is 8.78 Å². The van der Waals surface area contributed by atoms with Gasteiger partial charge in [-0.1, -0.05) is 35.5 Å². The van der Waals surface area contributed by atoms with Crippen LogP contribution in [-0.4, -0.2) is 33.6 Å². The minimum absolute atomic E-state index is 0.125. The molecule has 0 unspecified atom stereocenters. The van der Waals surface area contributed by atoms with E-state index in [1.807, 2.05) is 30.3 Å². The van der Waals surface area contributed by atoms with E-state index in [0.29, 0.717) is 5.71 Å². The number of nitrogens with zero attached hydrogens (tertiary/aromatic N) is 2. The molecule has 0 saturated heterocycles. The number of oxime groups is 1. The van der Waals surface area contributed by atoms with Crippen LogP contribution in [0, 0.1) is 17.0 Å². The lowest BCUT2D eigenvalue weighted by molar-refractivity contribution is 0.0694. The molecule has 3 aromatic rings. The van der Waals surface area contributed by atoms with E-state index in [4.69, 9.17) is 16.0 Å². The molecule has 0 aliphatic rings. The number of aromatic nitrogens is 1. The summed E-state index contributed by atoms with van der Waals surface area (Å²) in [5.74, 6) is -3.76. The first-order chi connectivity index (χ1) is 16.3. The Morgan fingerprint density at radius 2 is 1.97 bits per heavy atom. The predicted molar refractivity (Wildman–Crippen MR) is 125 cm³/mol. The van der Waals surface area contributed by atoms with Crippen molar-refractivity contribution < 1.29 is 23.5 Å². The number of hydrogen-bond acceptors (Lipinski definition) is 6. The number of benzene rings is 2. The Bertz CT molecular complexity index is 1320. The topological polar surface area (TPSA) is 131 Å². The van der Waals surface area contributed by atoms with Crippen molar-refractivity contribution in [3.63, 3.8) is 0 Å². The molecule has 34 heavy (non-hydrogen) atoms. The second-order valence-corrected chi connectivity index (χ2v) is 7.52. The maximum absolute atomic E-state index is 15.5. The van der Waals surface area contributed by atoms with Gasteiger partial charge in [-0.15, -0.1) is 0 Å². The average molecular weight is 470 g/mol. The summed E-state index contributed by atoms with van der Waals surface area (Å²) in [5.41, 5.74) is 3.93. The number of carboxylic acids is 1. The molecule has 4 N–H and O–H groups in total. The molecule has 0 atom stereocenters. The molecule has 0 saturated carbocycles. The van der Waals surface area contributed by atoms with Crippen molar-refractivity contribution >= 4 is 28.3 Å². The van der Waals surface area contributed by atoms with Crippen molar-refractivity contribution in [2.45, 2.75) is 32.9 Å². The van der Waals surface area contributed by atoms with Crippen molar-refractivity contribution in [2.24, 2.45) is 10.9 Å². The number of aryl methyl sites for hydroxylation is 1. The highest BCUT2D eigenvalue weighted by molar-refractivity contribution is 6.12. The van der Waals surface area contributed by atoms with Gasteiger partial charge < -0.3 is 25.7 Å². The van der Waals surface area contributed by atoms with Crippen molar-refractivity contribution in [3.8, 4) is 0 Å². The van der Waals surface area contributed by atoms with E-state index in [1.165, 1.54) is 4.57 Å². The lowest BCUT2D eigenvalue weighted by Gasteiger charge is -2.15. The molecule has 0 amide bonds. The van der Waals surface area contributed by atoms with Gasteiger partial charge in [-0.05, 0) is 25.1 Å². The molecule has 0 aliphatic carbocycles. The van der Waals surface area contributed by atoms with Crippen LogP contribution in [0.15, 0.2) is 52.5 Å². The summed E-state index contributed by atoms with van der Waals surface area (Å²) in [5, 5.41) is 21.2. The molecular weight excluding hydrogens is 446 g/mol. The smallest absolute Gasteiger partial charge is 0.341 e. The number of carbonyl (C=O) groups is 1. The number of aromatic carboxylic acids is 1. The highest BCUT2D eigenvalue weighted by Gasteiger charge is 2.24. The predicted octanol–water partition coefficient (Wildman–Crippen LogP) is 3.68. The van der Waals surface area contributed by atoms with Crippen LogP contribution in [0.1, 0.15) is 41.3 Å². The summed E-state index contributed by atoms with van der Waals surface area (Å²) < 4.78 is 31.6. The zero-order chi connectivity index (χ0) is 24.8. The van der Waals surface area contributed by atoms with Gasteiger partial charge in [0.25, 0.3) is 0 Å². The normalized spacial score (nSPS) is 11.6. The lowest BCUT2D eigenvalue weighted by Crippen LogP contribution is -2.22. The Morgan fingerprint density at radius 3 is 2.59 bits per heavy atom. The molecular formula is C24H24F2N4O4. The lowest BCUT2D eigenvalue weighted by atomic mass is 9.99. The van der Waals surface area contributed by atoms with E-state index >= 15 is 4.39 Å². The van der Waals surface area contributed by atoms with E-state index in [2.05, 4.69) is 5.16 Å². The third kappa shape index (κ3) is 5.18. The van der Waals surface area contributed by atoms with Gasteiger partial charge in [0.15, 0.2) is 5.82 Å². The number of nitrogens with two attached hydrogens (primary N) is 1. The molecule has 0 bridgehead atoms. The first-order valence-electron chi connectivity index (χ1n) is 10.6. The van der Waals surface area contributed by atoms with Crippen LogP contribution in [0.25, 0.3) is 10.9 Å². The third-order valence-corrected chi connectivity index (χ3v) is 5.21. The second kappa shape index (κ2) is 10.8. The minimum Gasteiger partial charge on any atom is -0.477 e. The van der Waals surface area contributed by atoms with Crippen molar-refractivity contribution in [1.29, 1.82) is 5.41 Å². The molecule has 1 heterocycles. The van der Waals surface area contributed by atoms with E-state index in [-0.39, 0.29) is 38.1 Å². The Hall–Kier alpha value is -3.92. The molecule has 10 heteroatoms. The van der Waals surface area contributed by atoms with Crippen LogP contribution >= 0.6 is 0 Å². The maximum atomic E-state index is 15.5. The van der Waals surface area contributed by atoms with Crippen LogP contribution in [0.5, 0.6) is 0 Å². The molecule has 0 radical (unpaired) electrons. The fourth-order valence-electron chi connectivity index (χ4n) is 3.56. The van der Waals surface area contributed by atoms with Crippen LogP contribution in [0.3, 0.4) is 0 Å². The highest BCUT2D eigenvalue weighted by atomic mass is 19.1. The fraction of sp³-hybridized carbons (Fsp3) is 0.250. The van der Waals surface area contributed by atoms with E-state index in [1.54, 1.807) is 6.92 Å². The quantitative estimate of drug-likeness (QED) is 0.307. The fourth-order valence-corrected chi connectivity index (χ4v) is 3.56.